The predicted octanol–water partition coefficient (Wildman–Crippen LogP) is 6.26. The molecule has 1 saturated carbocycles. The van der Waals surface area contributed by atoms with Gasteiger partial charge < -0.3 is 14.9 Å². The van der Waals surface area contributed by atoms with Crippen molar-refractivity contribution >= 4 is 51.3 Å². The van der Waals surface area contributed by atoms with Crippen LogP contribution in [-0.2, 0) is 6.42 Å². The van der Waals surface area contributed by atoms with Crippen molar-refractivity contribution in [3.8, 4) is 5.75 Å². The molecule has 31 heavy (non-hydrogen) atoms. The van der Waals surface area contributed by atoms with E-state index in [2.05, 4.69) is 0 Å². The van der Waals surface area contributed by atoms with E-state index in [0.717, 1.165) is 40.7 Å². The zero-order chi connectivity index (χ0) is 22.0. The summed E-state index contributed by atoms with van der Waals surface area (Å²) in [7, 11) is 0. The normalized spacial score (nSPS) is 23.3. The Morgan fingerprint density at radius 2 is 1.87 bits per heavy atom. The molecule has 4 atom stereocenters. The van der Waals surface area contributed by atoms with Gasteiger partial charge in [-0.25, -0.2) is 4.79 Å². The highest BCUT2D eigenvalue weighted by molar-refractivity contribution is 7.13. The number of fused-ring (bicyclic) bond motifs is 1. The highest BCUT2D eigenvalue weighted by Crippen LogP contribution is 2.40. The second kappa shape index (κ2) is 9.78. The molecule has 4 rings (SSSR count). The van der Waals surface area contributed by atoms with Gasteiger partial charge in [-0.1, -0.05) is 35.9 Å². The van der Waals surface area contributed by atoms with Crippen LogP contribution in [0.15, 0.2) is 48.5 Å². The molecule has 0 bridgehead atoms. The van der Waals surface area contributed by atoms with Crippen LogP contribution in [-0.4, -0.2) is 34.3 Å². The van der Waals surface area contributed by atoms with Crippen LogP contribution in [0, 0.1) is 11.8 Å². The Morgan fingerprint density at radius 1 is 1.10 bits per heavy atom. The first kappa shape index (κ1) is 22.4. The number of aliphatic hydroxyl groups is 1. The number of halogens is 2. The number of carboxylic acids is 1. The smallest absolute Gasteiger partial charge is 0.345 e. The molecule has 2 aromatic carbocycles. The summed E-state index contributed by atoms with van der Waals surface area (Å²) in [5.74, 6) is -0.0318. The van der Waals surface area contributed by atoms with E-state index in [0.29, 0.717) is 22.9 Å². The molecule has 1 aliphatic carbocycles. The first-order valence-electron chi connectivity index (χ1n) is 10.4. The second-order valence-electron chi connectivity index (χ2n) is 8.01. The standard InChI is InChI=1S/C24H24Cl2O4S/c25-19-9-10-22(17-6-2-1-5-15(17)19)30-13-18-16(20(26)12-21(18)27)7-3-4-14-8-11-23(31-14)24(28)29/h1-2,5-6,8-11,16,18,20-21,27H,3-4,7,12-13H2,(H,28,29). The van der Waals surface area contributed by atoms with Gasteiger partial charge in [-0.05, 0) is 55.9 Å². The summed E-state index contributed by atoms with van der Waals surface area (Å²) in [6, 6.07) is 15.1. The van der Waals surface area contributed by atoms with Crippen molar-refractivity contribution in [3.05, 3.63) is 63.3 Å². The van der Waals surface area contributed by atoms with E-state index in [1.54, 1.807) is 6.07 Å². The molecule has 1 fully saturated rings. The van der Waals surface area contributed by atoms with E-state index in [9.17, 15) is 9.90 Å². The summed E-state index contributed by atoms with van der Waals surface area (Å²) in [4.78, 5) is 12.5. The third kappa shape index (κ3) is 5.01. The van der Waals surface area contributed by atoms with Crippen LogP contribution < -0.4 is 4.74 Å². The van der Waals surface area contributed by atoms with E-state index >= 15 is 0 Å². The van der Waals surface area contributed by atoms with Crippen molar-refractivity contribution in [3.63, 3.8) is 0 Å². The lowest BCUT2D eigenvalue weighted by molar-refractivity contribution is 0.0701. The molecule has 0 radical (unpaired) electrons. The van der Waals surface area contributed by atoms with Crippen LogP contribution in [0.4, 0.5) is 0 Å². The molecule has 7 heteroatoms. The molecule has 0 spiro atoms. The number of alkyl halides is 1. The summed E-state index contributed by atoms with van der Waals surface area (Å²) in [5, 5.41) is 22.2. The van der Waals surface area contributed by atoms with E-state index in [1.165, 1.54) is 11.3 Å². The number of aliphatic hydroxyl groups excluding tert-OH is 1. The zero-order valence-electron chi connectivity index (χ0n) is 16.8. The fraction of sp³-hybridized carbons (Fsp3) is 0.375. The predicted molar refractivity (Wildman–Crippen MR) is 126 cm³/mol. The Labute approximate surface area is 195 Å². The Balaban J connectivity index is 1.39. The number of ether oxygens (including phenoxy) is 1. The Hall–Kier alpha value is -1.79. The lowest BCUT2D eigenvalue weighted by atomic mass is 9.90. The monoisotopic (exact) mass is 478 g/mol. The molecule has 0 amide bonds. The van der Waals surface area contributed by atoms with E-state index < -0.39 is 12.1 Å². The number of aryl methyl sites for hydroxylation is 1. The first-order chi connectivity index (χ1) is 14.9. The molecule has 4 unspecified atom stereocenters. The molecular formula is C24H24Cl2O4S. The Bertz CT molecular complexity index is 1070. The molecule has 0 aliphatic heterocycles. The molecule has 0 saturated heterocycles. The molecule has 1 aromatic heterocycles. The zero-order valence-corrected chi connectivity index (χ0v) is 19.2. The van der Waals surface area contributed by atoms with Gasteiger partial charge in [0.2, 0.25) is 0 Å². The highest BCUT2D eigenvalue weighted by atomic mass is 35.5. The number of aromatic carboxylic acids is 1. The highest BCUT2D eigenvalue weighted by Gasteiger charge is 2.41. The maximum absolute atomic E-state index is 11.1. The quantitative estimate of drug-likeness (QED) is 0.375. The third-order valence-corrected chi connectivity index (χ3v) is 8.04. The number of hydrogen-bond acceptors (Lipinski definition) is 4. The molecule has 2 N–H and O–H groups in total. The average Bonchev–Trinajstić information content (AvgIpc) is 3.33. The van der Waals surface area contributed by atoms with Gasteiger partial charge in [0.25, 0.3) is 0 Å². The van der Waals surface area contributed by atoms with Gasteiger partial charge in [-0.2, -0.15) is 0 Å². The van der Waals surface area contributed by atoms with Gasteiger partial charge in [0, 0.05) is 32.0 Å². The number of thiophene rings is 1. The van der Waals surface area contributed by atoms with Gasteiger partial charge in [-0.3, -0.25) is 0 Å². The van der Waals surface area contributed by atoms with Crippen molar-refractivity contribution in [2.45, 2.75) is 37.2 Å². The fourth-order valence-corrected chi connectivity index (χ4v) is 6.06. The lowest BCUT2D eigenvalue weighted by Gasteiger charge is -2.24. The Morgan fingerprint density at radius 3 is 2.61 bits per heavy atom. The largest absolute Gasteiger partial charge is 0.493 e. The topological polar surface area (TPSA) is 66.8 Å². The van der Waals surface area contributed by atoms with Crippen LogP contribution in [0.1, 0.15) is 33.8 Å². The van der Waals surface area contributed by atoms with Crippen LogP contribution in [0.5, 0.6) is 5.75 Å². The van der Waals surface area contributed by atoms with Crippen molar-refractivity contribution in [2.24, 2.45) is 11.8 Å². The second-order valence-corrected chi connectivity index (χ2v) is 10.1. The lowest BCUT2D eigenvalue weighted by Crippen LogP contribution is -2.27. The van der Waals surface area contributed by atoms with Gasteiger partial charge in [0.15, 0.2) is 0 Å². The van der Waals surface area contributed by atoms with Crippen LogP contribution >= 0.6 is 34.5 Å². The van der Waals surface area contributed by atoms with E-state index in [-0.39, 0.29) is 17.2 Å². The molecule has 1 aliphatic rings. The summed E-state index contributed by atoms with van der Waals surface area (Å²) >= 11 is 14.2. The third-order valence-electron chi connectivity index (χ3n) is 6.07. The fourth-order valence-electron chi connectivity index (χ4n) is 4.45. The molecule has 1 heterocycles. The molecule has 164 valence electrons. The molecule has 3 aromatic rings. The van der Waals surface area contributed by atoms with Crippen LogP contribution in [0.3, 0.4) is 0 Å². The van der Waals surface area contributed by atoms with Gasteiger partial charge in [0.1, 0.15) is 10.6 Å². The number of carbonyl (C=O) groups is 1. The number of benzene rings is 2. The van der Waals surface area contributed by atoms with Gasteiger partial charge in [-0.15, -0.1) is 22.9 Å². The van der Waals surface area contributed by atoms with E-state index in [1.807, 2.05) is 42.5 Å². The van der Waals surface area contributed by atoms with Gasteiger partial charge in [0.05, 0.1) is 12.7 Å². The van der Waals surface area contributed by atoms with Crippen molar-refractivity contribution in [1.82, 2.24) is 0 Å². The van der Waals surface area contributed by atoms with Crippen LogP contribution in [0.2, 0.25) is 5.02 Å². The maximum Gasteiger partial charge on any atom is 0.345 e. The van der Waals surface area contributed by atoms with Crippen molar-refractivity contribution in [2.75, 3.05) is 6.61 Å². The number of carboxylic acid groups (broad SMARTS) is 1. The van der Waals surface area contributed by atoms with Crippen molar-refractivity contribution in [1.29, 1.82) is 0 Å². The maximum atomic E-state index is 11.1. The van der Waals surface area contributed by atoms with Crippen LogP contribution in [0.25, 0.3) is 10.8 Å². The summed E-state index contributed by atoms with van der Waals surface area (Å²) in [6.45, 7) is 0.392. The minimum atomic E-state index is -0.886. The molecular weight excluding hydrogens is 455 g/mol. The van der Waals surface area contributed by atoms with E-state index in [4.69, 9.17) is 33.0 Å². The first-order valence-corrected chi connectivity index (χ1v) is 12.0. The number of hydrogen-bond donors (Lipinski definition) is 2. The van der Waals surface area contributed by atoms with Crippen molar-refractivity contribution < 1.29 is 19.7 Å². The molecule has 4 nitrogen and oxygen atoms in total. The summed E-state index contributed by atoms with van der Waals surface area (Å²) in [5.41, 5.74) is 0. The number of rotatable bonds is 8. The Kier molecular flexibility index (Phi) is 7.07. The minimum Gasteiger partial charge on any atom is -0.493 e. The van der Waals surface area contributed by atoms with Gasteiger partial charge >= 0.3 is 5.97 Å². The summed E-state index contributed by atoms with van der Waals surface area (Å²) < 4.78 is 6.16. The SMILES string of the molecule is O=C(O)c1ccc(CCCC2C(Cl)CC(O)C2COc2ccc(Cl)c3ccccc23)s1. The summed E-state index contributed by atoms with van der Waals surface area (Å²) in [6.07, 6.45) is 2.63. The minimum absolute atomic E-state index is 0.0464. The average molecular weight is 479 g/mol.